The number of halogens is 3. The van der Waals surface area contributed by atoms with Gasteiger partial charge in [-0.1, -0.05) is 0 Å². The molecule has 0 atom stereocenters. The largest absolute Gasteiger partial charge is 0.383 e. The third-order valence-corrected chi connectivity index (χ3v) is 3.15. The van der Waals surface area contributed by atoms with E-state index in [-0.39, 0.29) is 16.4 Å². The van der Waals surface area contributed by atoms with E-state index in [1.807, 2.05) is 0 Å². The summed E-state index contributed by atoms with van der Waals surface area (Å²) in [6, 6.07) is 3.55. The SMILES string of the molecule is Nc1ncc(Br)cc1C(=O)N(N)C(=O)c1cc(F)ccc1F. The predicted molar refractivity (Wildman–Crippen MR) is 77.4 cm³/mol. The van der Waals surface area contributed by atoms with E-state index in [1.54, 1.807) is 0 Å². The first kappa shape index (κ1) is 16.0. The maximum absolute atomic E-state index is 13.6. The lowest BCUT2D eigenvalue weighted by Crippen LogP contribution is -2.43. The van der Waals surface area contributed by atoms with E-state index in [0.29, 0.717) is 10.5 Å². The van der Waals surface area contributed by atoms with Crippen LogP contribution in [0.4, 0.5) is 14.6 Å². The van der Waals surface area contributed by atoms with Crippen molar-refractivity contribution >= 4 is 33.6 Å². The van der Waals surface area contributed by atoms with Gasteiger partial charge < -0.3 is 5.73 Å². The minimum Gasteiger partial charge on any atom is -0.383 e. The topological polar surface area (TPSA) is 102 Å². The first-order valence-corrected chi connectivity index (χ1v) is 6.60. The molecule has 0 saturated carbocycles. The fourth-order valence-electron chi connectivity index (χ4n) is 1.63. The number of hydrogen-bond donors (Lipinski definition) is 2. The molecule has 0 aliphatic carbocycles. The predicted octanol–water partition coefficient (Wildman–Crippen LogP) is 1.86. The Morgan fingerprint density at radius 3 is 2.45 bits per heavy atom. The lowest BCUT2D eigenvalue weighted by molar-refractivity contribution is 0.0613. The third-order valence-electron chi connectivity index (χ3n) is 2.71. The number of hydrazine groups is 1. The molecule has 4 N–H and O–H groups in total. The van der Waals surface area contributed by atoms with Crippen LogP contribution in [0.5, 0.6) is 0 Å². The first-order valence-electron chi connectivity index (χ1n) is 5.81. The Bertz CT molecular complexity index is 706. The number of rotatable bonds is 2. The molecule has 0 saturated heterocycles. The average molecular weight is 371 g/mol. The Morgan fingerprint density at radius 1 is 1.14 bits per heavy atom. The maximum atomic E-state index is 13.6. The number of aromatic nitrogens is 1. The number of nitrogens with two attached hydrogens (primary N) is 2. The van der Waals surface area contributed by atoms with Crippen LogP contribution in [0.15, 0.2) is 34.9 Å². The van der Waals surface area contributed by atoms with E-state index >= 15 is 0 Å². The van der Waals surface area contributed by atoms with Crippen molar-refractivity contribution in [1.82, 2.24) is 9.99 Å². The van der Waals surface area contributed by atoms with Gasteiger partial charge in [-0.25, -0.2) is 24.6 Å². The monoisotopic (exact) mass is 370 g/mol. The van der Waals surface area contributed by atoms with E-state index in [0.717, 1.165) is 12.1 Å². The van der Waals surface area contributed by atoms with Crippen LogP contribution in [0.1, 0.15) is 20.7 Å². The highest BCUT2D eigenvalue weighted by Crippen LogP contribution is 2.18. The molecule has 2 amide bonds. The van der Waals surface area contributed by atoms with Crippen LogP contribution in [-0.4, -0.2) is 21.8 Å². The summed E-state index contributed by atoms with van der Waals surface area (Å²) in [7, 11) is 0. The van der Waals surface area contributed by atoms with Crippen molar-refractivity contribution in [3.63, 3.8) is 0 Å². The van der Waals surface area contributed by atoms with Crippen molar-refractivity contribution in [1.29, 1.82) is 0 Å². The highest BCUT2D eigenvalue weighted by atomic mass is 79.9. The second-order valence-corrected chi connectivity index (χ2v) is 5.11. The second kappa shape index (κ2) is 6.16. The third kappa shape index (κ3) is 3.10. The molecular weight excluding hydrogens is 362 g/mol. The van der Waals surface area contributed by atoms with E-state index in [2.05, 4.69) is 20.9 Å². The molecule has 0 fully saturated rings. The fraction of sp³-hybridized carbons (Fsp3) is 0. The zero-order valence-corrected chi connectivity index (χ0v) is 12.5. The number of nitrogens with zero attached hydrogens (tertiary/aromatic N) is 2. The Kier molecular flexibility index (Phi) is 4.48. The van der Waals surface area contributed by atoms with Gasteiger partial charge in [0.15, 0.2) is 0 Å². The van der Waals surface area contributed by atoms with Crippen LogP contribution < -0.4 is 11.6 Å². The van der Waals surface area contributed by atoms with Crippen LogP contribution >= 0.6 is 15.9 Å². The minimum atomic E-state index is -1.21. The lowest BCUT2D eigenvalue weighted by Gasteiger charge is -2.16. The van der Waals surface area contributed by atoms with Gasteiger partial charge in [-0.3, -0.25) is 9.59 Å². The number of pyridine rings is 1. The molecule has 114 valence electrons. The van der Waals surface area contributed by atoms with Crippen molar-refractivity contribution < 1.29 is 18.4 Å². The molecule has 0 aliphatic heterocycles. The van der Waals surface area contributed by atoms with Gasteiger partial charge in [0.1, 0.15) is 17.5 Å². The van der Waals surface area contributed by atoms with Crippen LogP contribution in [-0.2, 0) is 0 Å². The standard InChI is InChI=1S/C13H9BrF2N4O2/c14-6-3-9(11(17)19-5-6)13(22)20(18)12(21)8-4-7(15)1-2-10(8)16/h1-5H,18H2,(H2,17,19). The minimum absolute atomic E-state index is 0.150. The van der Waals surface area contributed by atoms with Gasteiger partial charge in [-0.15, -0.1) is 0 Å². The second-order valence-electron chi connectivity index (χ2n) is 4.19. The molecule has 2 rings (SSSR count). The highest BCUT2D eigenvalue weighted by molar-refractivity contribution is 9.10. The fourth-order valence-corrected chi connectivity index (χ4v) is 1.97. The van der Waals surface area contributed by atoms with Crippen LogP contribution in [0.2, 0.25) is 0 Å². The van der Waals surface area contributed by atoms with E-state index in [1.165, 1.54) is 12.3 Å². The van der Waals surface area contributed by atoms with Gasteiger partial charge in [0.05, 0.1) is 11.1 Å². The summed E-state index contributed by atoms with van der Waals surface area (Å²) in [5.41, 5.74) is 4.72. The number of imide groups is 1. The van der Waals surface area contributed by atoms with Crippen molar-refractivity contribution in [3.05, 3.63) is 57.7 Å². The van der Waals surface area contributed by atoms with Crippen molar-refractivity contribution in [2.45, 2.75) is 0 Å². The van der Waals surface area contributed by atoms with Crippen molar-refractivity contribution in [3.8, 4) is 0 Å². The normalized spacial score (nSPS) is 10.4. The molecule has 0 radical (unpaired) electrons. The molecule has 22 heavy (non-hydrogen) atoms. The lowest BCUT2D eigenvalue weighted by atomic mass is 10.1. The van der Waals surface area contributed by atoms with Crippen molar-refractivity contribution in [2.24, 2.45) is 5.84 Å². The summed E-state index contributed by atoms with van der Waals surface area (Å²) in [6.45, 7) is 0. The maximum Gasteiger partial charge on any atom is 0.278 e. The molecule has 0 unspecified atom stereocenters. The molecule has 9 heteroatoms. The molecule has 0 aliphatic rings. The zero-order chi connectivity index (χ0) is 16.4. The molecule has 1 aromatic carbocycles. The number of anilines is 1. The summed E-state index contributed by atoms with van der Waals surface area (Å²) >= 11 is 3.09. The van der Waals surface area contributed by atoms with Gasteiger partial charge >= 0.3 is 0 Å². The molecule has 1 heterocycles. The van der Waals surface area contributed by atoms with E-state index in [4.69, 9.17) is 11.6 Å². The first-order chi connectivity index (χ1) is 10.3. The Labute approximate surface area is 131 Å². The number of nitrogen functional groups attached to an aromatic ring is 1. The van der Waals surface area contributed by atoms with Crippen LogP contribution in [0, 0.1) is 11.6 Å². The van der Waals surface area contributed by atoms with E-state index < -0.39 is 29.0 Å². The van der Waals surface area contributed by atoms with Gasteiger partial charge in [0.25, 0.3) is 11.8 Å². The van der Waals surface area contributed by atoms with Gasteiger partial charge in [-0.05, 0) is 40.2 Å². The van der Waals surface area contributed by atoms with E-state index in [9.17, 15) is 18.4 Å². The molecule has 6 nitrogen and oxygen atoms in total. The molecule has 0 bridgehead atoms. The summed E-state index contributed by atoms with van der Waals surface area (Å²) in [6.07, 6.45) is 1.35. The van der Waals surface area contributed by atoms with Gasteiger partial charge in [0, 0.05) is 10.7 Å². The molecule has 2 aromatic rings. The quantitative estimate of drug-likeness (QED) is 0.363. The Balaban J connectivity index is 2.36. The number of benzene rings is 1. The van der Waals surface area contributed by atoms with Gasteiger partial charge in [0.2, 0.25) is 0 Å². The summed E-state index contributed by atoms with van der Waals surface area (Å²) in [5.74, 6) is 1.20. The Morgan fingerprint density at radius 2 is 1.77 bits per heavy atom. The van der Waals surface area contributed by atoms with Crippen LogP contribution in [0.25, 0.3) is 0 Å². The molecular formula is C13H9BrF2N4O2. The zero-order valence-electron chi connectivity index (χ0n) is 10.9. The van der Waals surface area contributed by atoms with Crippen molar-refractivity contribution in [2.75, 3.05) is 5.73 Å². The average Bonchev–Trinajstić information content (AvgIpc) is 2.50. The number of carbonyl (C=O) groups excluding carboxylic acids is 2. The molecule has 1 aromatic heterocycles. The summed E-state index contributed by atoms with van der Waals surface area (Å²) in [5, 5.41) is 0.150. The van der Waals surface area contributed by atoms with Crippen LogP contribution in [0.3, 0.4) is 0 Å². The number of amides is 2. The molecule has 0 spiro atoms. The highest BCUT2D eigenvalue weighted by Gasteiger charge is 2.26. The van der Waals surface area contributed by atoms with Gasteiger partial charge in [-0.2, -0.15) is 0 Å². The number of carbonyl (C=O) groups is 2. The summed E-state index contributed by atoms with van der Waals surface area (Å²) < 4.78 is 27.1. The smallest absolute Gasteiger partial charge is 0.278 e. The number of hydrogen-bond acceptors (Lipinski definition) is 5. The Hall–Kier alpha value is -2.39. The summed E-state index contributed by atoms with van der Waals surface area (Å²) in [4.78, 5) is 27.9.